The van der Waals surface area contributed by atoms with Crippen LogP contribution in [0.5, 0.6) is 0 Å². The number of halogens is 1. The number of hydrogen-bond acceptors (Lipinski definition) is 3. The van der Waals surface area contributed by atoms with Crippen LogP contribution in [-0.4, -0.2) is 25.5 Å². The largest absolute Gasteiger partial charge is 0.326 e. The van der Waals surface area contributed by atoms with Gasteiger partial charge in [0.05, 0.1) is 5.25 Å². The molecule has 2 N–H and O–H groups in total. The maximum absolute atomic E-state index is 13.0. The van der Waals surface area contributed by atoms with Gasteiger partial charge in [-0.3, -0.25) is 0 Å². The van der Waals surface area contributed by atoms with Crippen molar-refractivity contribution in [3.05, 3.63) is 35.6 Å². The Morgan fingerprint density at radius 1 is 1.44 bits per heavy atom. The number of sulfone groups is 1. The maximum atomic E-state index is 13.0. The summed E-state index contributed by atoms with van der Waals surface area (Å²) in [4.78, 5) is 0. The molecule has 88 valence electrons. The summed E-state index contributed by atoms with van der Waals surface area (Å²) in [6.45, 7) is 1.60. The molecule has 16 heavy (non-hydrogen) atoms. The highest BCUT2D eigenvalue weighted by atomic mass is 32.2. The van der Waals surface area contributed by atoms with E-state index in [0.717, 1.165) is 0 Å². The summed E-state index contributed by atoms with van der Waals surface area (Å²) in [5, 5.41) is -0.542. The summed E-state index contributed by atoms with van der Waals surface area (Å²) < 4.78 is 36.3. The monoisotopic (exact) mass is 243 g/mol. The molecule has 0 aliphatic heterocycles. The van der Waals surface area contributed by atoms with Crippen LogP contribution >= 0.6 is 0 Å². The third-order valence-corrected chi connectivity index (χ3v) is 5.30. The first-order valence-corrected chi connectivity index (χ1v) is 6.91. The lowest BCUT2D eigenvalue weighted by Gasteiger charge is -2.00. The van der Waals surface area contributed by atoms with Gasteiger partial charge in [-0.1, -0.05) is 19.1 Å². The summed E-state index contributed by atoms with van der Waals surface area (Å²) in [7, 11) is -3.13. The van der Waals surface area contributed by atoms with Crippen molar-refractivity contribution in [2.75, 3.05) is 5.75 Å². The van der Waals surface area contributed by atoms with Crippen molar-refractivity contribution in [3.63, 3.8) is 0 Å². The first kappa shape index (κ1) is 11.5. The number of rotatable bonds is 3. The van der Waals surface area contributed by atoms with Gasteiger partial charge in [0.1, 0.15) is 5.82 Å². The van der Waals surface area contributed by atoms with Gasteiger partial charge >= 0.3 is 0 Å². The lowest BCUT2D eigenvalue weighted by Crippen LogP contribution is -2.17. The molecule has 0 bridgehead atoms. The quantitative estimate of drug-likeness (QED) is 0.863. The van der Waals surface area contributed by atoms with E-state index in [1.54, 1.807) is 19.1 Å². The molecule has 3 nitrogen and oxygen atoms in total. The van der Waals surface area contributed by atoms with Crippen LogP contribution in [-0.2, 0) is 9.84 Å². The Balaban J connectivity index is 2.27. The van der Waals surface area contributed by atoms with Gasteiger partial charge in [-0.05, 0) is 17.7 Å². The second kappa shape index (κ2) is 3.82. The predicted molar refractivity (Wildman–Crippen MR) is 60.4 cm³/mol. The second-order valence-electron chi connectivity index (χ2n) is 4.07. The van der Waals surface area contributed by atoms with Gasteiger partial charge in [-0.15, -0.1) is 0 Å². The van der Waals surface area contributed by atoms with Crippen molar-refractivity contribution in [2.24, 2.45) is 5.73 Å². The minimum atomic E-state index is -3.13. The zero-order chi connectivity index (χ0) is 11.9. The average Bonchev–Trinajstić information content (AvgIpc) is 2.91. The smallest absolute Gasteiger partial charge is 0.155 e. The molecule has 2 rings (SSSR count). The van der Waals surface area contributed by atoms with E-state index in [1.807, 2.05) is 0 Å². The van der Waals surface area contributed by atoms with E-state index >= 15 is 0 Å². The molecule has 1 aromatic carbocycles. The molecular formula is C11H14FNO2S. The zero-order valence-electron chi connectivity index (χ0n) is 8.93. The normalized spacial score (nSPS) is 29.1. The standard InChI is InChI=1S/C11H14FNO2S/c1-2-16(14,15)11-9(10(11)13)7-4-3-5-8(12)6-7/h3-6,9-11H,2,13H2,1H3/t9-,10-,11+/m0/s1. The van der Waals surface area contributed by atoms with E-state index in [-0.39, 0.29) is 17.5 Å². The van der Waals surface area contributed by atoms with Crippen molar-refractivity contribution in [1.82, 2.24) is 0 Å². The van der Waals surface area contributed by atoms with Crippen LogP contribution in [0.3, 0.4) is 0 Å². The van der Waals surface area contributed by atoms with Gasteiger partial charge in [0.2, 0.25) is 0 Å². The first-order chi connectivity index (χ1) is 7.47. The van der Waals surface area contributed by atoms with Crippen LogP contribution in [0.1, 0.15) is 18.4 Å². The molecule has 1 aromatic rings. The highest BCUT2D eigenvalue weighted by molar-refractivity contribution is 7.92. The van der Waals surface area contributed by atoms with Gasteiger partial charge < -0.3 is 5.73 Å². The fraction of sp³-hybridized carbons (Fsp3) is 0.455. The summed E-state index contributed by atoms with van der Waals surface area (Å²) in [5.41, 5.74) is 6.43. The molecule has 0 amide bonds. The average molecular weight is 243 g/mol. The molecule has 0 unspecified atom stereocenters. The van der Waals surface area contributed by atoms with Crippen molar-refractivity contribution >= 4 is 9.84 Å². The maximum Gasteiger partial charge on any atom is 0.155 e. The van der Waals surface area contributed by atoms with Crippen LogP contribution in [0.2, 0.25) is 0 Å². The second-order valence-corrected chi connectivity index (χ2v) is 6.52. The summed E-state index contributed by atoms with van der Waals surface area (Å²) in [6, 6.07) is 5.59. The molecule has 1 saturated carbocycles. The number of hydrogen-bond donors (Lipinski definition) is 1. The Morgan fingerprint density at radius 3 is 2.69 bits per heavy atom. The lowest BCUT2D eigenvalue weighted by atomic mass is 10.1. The van der Waals surface area contributed by atoms with Crippen molar-refractivity contribution < 1.29 is 12.8 Å². The molecule has 1 aliphatic carbocycles. The van der Waals surface area contributed by atoms with Crippen LogP contribution in [0.15, 0.2) is 24.3 Å². The van der Waals surface area contributed by atoms with E-state index in [2.05, 4.69) is 0 Å². The Hall–Kier alpha value is -0.940. The van der Waals surface area contributed by atoms with Gasteiger partial charge in [0.15, 0.2) is 9.84 Å². The molecule has 1 fully saturated rings. The topological polar surface area (TPSA) is 60.2 Å². The van der Waals surface area contributed by atoms with Gasteiger partial charge in [-0.2, -0.15) is 0 Å². The van der Waals surface area contributed by atoms with E-state index in [4.69, 9.17) is 5.73 Å². The molecule has 1 aliphatic rings. The van der Waals surface area contributed by atoms with Crippen LogP contribution < -0.4 is 5.73 Å². The van der Waals surface area contributed by atoms with E-state index in [0.29, 0.717) is 5.56 Å². The van der Waals surface area contributed by atoms with E-state index in [1.165, 1.54) is 12.1 Å². The highest BCUT2D eigenvalue weighted by Gasteiger charge is 2.55. The van der Waals surface area contributed by atoms with Gasteiger partial charge in [-0.25, -0.2) is 12.8 Å². The number of nitrogens with two attached hydrogens (primary N) is 1. The first-order valence-electron chi connectivity index (χ1n) is 5.20. The predicted octanol–water partition coefficient (Wildman–Crippen LogP) is 1.05. The van der Waals surface area contributed by atoms with E-state index < -0.39 is 21.1 Å². The molecular weight excluding hydrogens is 229 g/mol. The Morgan fingerprint density at radius 2 is 2.12 bits per heavy atom. The summed E-state index contributed by atoms with van der Waals surface area (Å²) in [6.07, 6.45) is 0. The van der Waals surface area contributed by atoms with E-state index in [9.17, 15) is 12.8 Å². The summed E-state index contributed by atoms with van der Waals surface area (Å²) >= 11 is 0. The zero-order valence-corrected chi connectivity index (χ0v) is 9.75. The van der Waals surface area contributed by atoms with Gasteiger partial charge in [0, 0.05) is 17.7 Å². The molecule has 3 atom stereocenters. The van der Waals surface area contributed by atoms with Crippen LogP contribution in [0.4, 0.5) is 4.39 Å². The van der Waals surface area contributed by atoms with Crippen molar-refractivity contribution in [3.8, 4) is 0 Å². The molecule has 0 spiro atoms. The molecule has 0 heterocycles. The number of benzene rings is 1. The lowest BCUT2D eigenvalue weighted by molar-refractivity contribution is 0.594. The Kier molecular flexibility index (Phi) is 2.75. The minimum Gasteiger partial charge on any atom is -0.326 e. The van der Waals surface area contributed by atoms with Crippen LogP contribution in [0.25, 0.3) is 0 Å². The van der Waals surface area contributed by atoms with Crippen molar-refractivity contribution in [2.45, 2.75) is 24.1 Å². The molecule has 0 saturated heterocycles. The van der Waals surface area contributed by atoms with Crippen molar-refractivity contribution in [1.29, 1.82) is 0 Å². The Bertz CT molecular complexity index is 500. The SMILES string of the molecule is CCS(=O)(=O)[C@H]1[C@@H](N)[C@@H]1c1cccc(F)c1. The van der Waals surface area contributed by atoms with Crippen LogP contribution in [0, 0.1) is 5.82 Å². The molecule has 5 heteroatoms. The highest BCUT2D eigenvalue weighted by Crippen LogP contribution is 2.45. The third-order valence-electron chi connectivity index (χ3n) is 3.06. The fourth-order valence-corrected chi connectivity index (χ4v) is 3.81. The third kappa shape index (κ3) is 1.85. The fourth-order valence-electron chi connectivity index (χ4n) is 2.09. The Labute approximate surface area is 94.4 Å². The van der Waals surface area contributed by atoms with Gasteiger partial charge in [0.25, 0.3) is 0 Å². The molecule has 0 radical (unpaired) electrons. The molecule has 0 aromatic heterocycles. The summed E-state index contributed by atoms with van der Waals surface area (Å²) in [5.74, 6) is -0.526. The minimum absolute atomic E-state index is 0.0805.